The Labute approximate surface area is 129 Å². The van der Waals surface area contributed by atoms with Gasteiger partial charge in [0.2, 0.25) is 10.0 Å². The van der Waals surface area contributed by atoms with Crippen molar-refractivity contribution < 1.29 is 13.2 Å². The molecule has 1 unspecified atom stereocenters. The number of anilines is 1. The van der Waals surface area contributed by atoms with Gasteiger partial charge in [-0.3, -0.25) is 4.79 Å². The maximum absolute atomic E-state index is 12.7. The lowest BCUT2D eigenvalue weighted by molar-refractivity contribution is 0.0988. The fourth-order valence-electron chi connectivity index (χ4n) is 2.76. The van der Waals surface area contributed by atoms with E-state index in [2.05, 4.69) is 6.92 Å². The fraction of sp³-hybridized carbons (Fsp3) is 0.188. The molecule has 0 aliphatic carbocycles. The first-order chi connectivity index (χ1) is 10.4. The molecule has 0 bridgehead atoms. The van der Waals surface area contributed by atoms with Crippen molar-refractivity contribution in [3.63, 3.8) is 0 Å². The van der Waals surface area contributed by atoms with Crippen LogP contribution in [0.3, 0.4) is 0 Å². The Kier molecular flexibility index (Phi) is 3.50. The minimum atomic E-state index is -3.75. The van der Waals surface area contributed by atoms with E-state index in [1.807, 2.05) is 24.3 Å². The van der Waals surface area contributed by atoms with Crippen molar-refractivity contribution in [2.24, 2.45) is 5.14 Å². The van der Waals surface area contributed by atoms with Crippen LogP contribution >= 0.6 is 0 Å². The van der Waals surface area contributed by atoms with Crippen molar-refractivity contribution in [1.29, 1.82) is 0 Å². The van der Waals surface area contributed by atoms with Crippen LogP contribution in [0.1, 0.15) is 28.8 Å². The summed E-state index contributed by atoms with van der Waals surface area (Å²) in [5.74, 6) is 0.140. The SMILES string of the molecule is CC1CN(C(=O)c2ccc(S(N)(=O)=O)cc2)c2ccccc21. The van der Waals surface area contributed by atoms with E-state index < -0.39 is 10.0 Å². The lowest BCUT2D eigenvalue weighted by atomic mass is 10.0. The molecule has 1 aliphatic heterocycles. The van der Waals surface area contributed by atoms with E-state index in [0.717, 1.165) is 11.3 Å². The number of nitrogens with two attached hydrogens (primary N) is 1. The third kappa shape index (κ3) is 2.51. The second-order valence-electron chi connectivity index (χ2n) is 5.45. The summed E-state index contributed by atoms with van der Waals surface area (Å²) in [7, 11) is -3.75. The van der Waals surface area contributed by atoms with Gasteiger partial charge in [0.05, 0.1) is 4.90 Å². The number of para-hydroxylation sites is 1. The molecule has 1 heterocycles. The van der Waals surface area contributed by atoms with Crippen LogP contribution in [0.5, 0.6) is 0 Å². The Balaban J connectivity index is 1.93. The summed E-state index contributed by atoms with van der Waals surface area (Å²) in [5, 5.41) is 5.06. The standard InChI is InChI=1S/C16H16N2O3S/c1-11-10-18(15-5-3-2-4-14(11)15)16(19)12-6-8-13(9-7-12)22(17,20)21/h2-9,11H,10H2,1H3,(H2,17,20,21). The summed E-state index contributed by atoms with van der Waals surface area (Å²) < 4.78 is 22.5. The number of carbonyl (C=O) groups excluding carboxylic acids is 1. The average molecular weight is 316 g/mol. The molecule has 2 aromatic rings. The largest absolute Gasteiger partial charge is 0.307 e. The molecule has 22 heavy (non-hydrogen) atoms. The van der Waals surface area contributed by atoms with Crippen LogP contribution in [0.2, 0.25) is 0 Å². The highest BCUT2D eigenvalue weighted by molar-refractivity contribution is 7.89. The summed E-state index contributed by atoms with van der Waals surface area (Å²) in [6, 6.07) is 13.5. The highest BCUT2D eigenvalue weighted by Gasteiger charge is 2.30. The van der Waals surface area contributed by atoms with Gasteiger partial charge in [-0.2, -0.15) is 0 Å². The van der Waals surface area contributed by atoms with Gasteiger partial charge in [-0.15, -0.1) is 0 Å². The predicted octanol–water partition coefficient (Wildman–Crippen LogP) is 2.10. The van der Waals surface area contributed by atoms with E-state index in [1.54, 1.807) is 4.90 Å². The zero-order chi connectivity index (χ0) is 15.9. The smallest absolute Gasteiger partial charge is 0.258 e. The quantitative estimate of drug-likeness (QED) is 0.921. The van der Waals surface area contributed by atoms with Crippen LogP contribution in [-0.2, 0) is 10.0 Å². The number of hydrogen-bond donors (Lipinski definition) is 1. The number of hydrogen-bond acceptors (Lipinski definition) is 3. The first-order valence-electron chi connectivity index (χ1n) is 6.91. The van der Waals surface area contributed by atoms with E-state index in [0.29, 0.717) is 12.1 Å². The fourth-order valence-corrected chi connectivity index (χ4v) is 3.27. The Bertz CT molecular complexity index is 829. The van der Waals surface area contributed by atoms with Crippen molar-refractivity contribution >= 4 is 21.6 Å². The molecule has 6 heteroatoms. The Morgan fingerprint density at radius 2 is 1.77 bits per heavy atom. The van der Waals surface area contributed by atoms with Gasteiger partial charge in [-0.05, 0) is 35.9 Å². The molecule has 0 saturated heterocycles. The number of nitrogens with zero attached hydrogens (tertiary/aromatic N) is 1. The molecule has 0 spiro atoms. The summed E-state index contributed by atoms with van der Waals surface area (Å²) in [6.45, 7) is 2.70. The van der Waals surface area contributed by atoms with Crippen LogP contribution < -0.4 is 10.0 Å². The normalized spacial score (nSPS) is 17.4. The van der Waals surface area contributed by atoms with Gasteiger partial charge in [-0.1, -0.05) is 25.1 Å². The molecule has 0 fully saturated rings. The molecule has 5 nitrogen and oxygen atoms in total. The van der Waals surface area contributed by atoms with E-state index >= 15 is 0 Å². The molecule has 0 saturated carbocycles. The molecule has 1 amide bonds. The maximum Gasteiger partial charge on any atom is 0.258 e. The predicted molar refractivity (Wildman–Crippen MR) is 84.3 cm³/mol. The maximum atomic E-state index is 12.7. The summed E-state index contributed by atoms with van der Waals surface area (Å²) >= 11 is 0. The molecular weight excluding hydrogens is 300 g/mol. The van der Waals surface area contributed by atoms with Gasteiger partial charge in [0.1, 0.15) is 0 Å². The Hall–Kier alpha value is -2.18. The van der Waals surface area contributed by atoms with Crippen molar-refractivity contribution in [3.8, 4) is 0 Å². The van der Waals surface area contributed by atoms with Crippen molar-refractivity contribution in [2.45, 2.75) is 17.7 Å². The first-order valence-corrected chi connectivity index (χ1v) is 8.46. The Morgan fingerprint density at radius 1 is 1.14 bits per heavy atom. The minimum Gasteiger partial charge on any atom is -0.307 e. The molecule has 1 aliphatic rings. The van der Waals surface area contributed by atoms with E-state index in [9.17, 15) is 13.2 Å². The number of benzene rings is 2. The average Bonchev–Trinajstić information content (AvgIpc) is 2.83. The number of amides is 1. The second-order valence-corrected chi connectivity index (χ2v) is 7.01. The second kappa shape index (κ2) is 5.23. The number of fused-ring (bicyclic) bond motifs is 1. The third-order valence-corrected chi connectivity index (χ3v) is 4.82. The van der Waals surface area contributed by atoms with Crippen LogP contribution in [0, 0.1) is 0 Å². The van der Waals surface area contributed by atoms with Crippen molar-refractivity contribution in [3.05, 3.63) is 59.7 Å². The molecule has 0 radical (unpaired) electrons. The van der Waals surface area contributed by atoms with E-state index in [4.69, 9.17) is 5.14 Å². The monoisotopic (exact) mass is 316 g/mol. The first kappa shape index (κ1) is 14.7. The number of sulfonamides is 1. The van der Waals surface area contributed by atoms with Crippen LogP contribution in [0.25, 0.3) is 0 Å². The number of carbonyl (C=O) groups is 1. The number of primary sulfonamides is 1. The highest BCUT2D eigenvalue weighted by atomic mass is 32.2. The van der Waals surface area contributed by atoms with Crippen LogP contribution in [0.4, 0.5) is 5.69 Å². The molecule has 114 valence electrons. The van der Waals surface area contributed by atoms with Gasteiger partial charge < -0.3 is 4.90 Å². The lowest BCUT2D eigenvalue weighted by Crippen LogP contribution is -2.29. The molecule has 1 atom stereocenters. The zero-order valence-corrected chi connectivity index (χ0v) is 12.9. The van der Waals surface area contributed by atoms with Crippen molar-refractivity contribution in [1.82, 2.24) is 0 Å². The third-order valence-electron chi connectivity index (χ3n) is 3.89. The summed E-state index contributed by atoms with van der Waals surface area (Å²) in [6.07, 6.45) is 0. The minimum absolute atomic E-state index is 0.000704. The Morgan fingerprint density at radius 3 is 2.41 bits per heavy atom. The van der Waals surface area contributed by atoms with Gasteiger partial charge in [-0.25, -0.2) is 13.6 Å². The molecule has 0 aromatic heterocycles. The van der Waals surface area contributed by atoms with E-state index in [-0.39, 0.29) is 16.7 Å². The molecule has 2 aromatic carbocycles. The van der Waals surface area contributed by atoms with Crippen molar-refractivity contribution in [2.75, 3.05) is 11.4 Å². The van der Waals surface area contributed by atoms with Crippen LogP contribution in [0.15, 0.2) is 53.4 Å². The summed E-state index contributed by atoms with van der Waals surface area (Å²) in [5.41, 5.74) is 2.50. The lowest BCUT2D eigenvalue weighted by Gasteiger charge is -2.17. The molecular formula is C16H16N2O3S. The molecule has 3 rings (SSSR count). The van der Waals surface area contributed by atoms with Crippen LogP contribution in [-0.4, -0.2) is 20.9 Å². The van der Waals surface area contributed by atoms with Gasteiger partial charge in [0.25, 0.3) is 5.91 Å². The highest BCUT2D eigenvalue weighted by Crippen LogP contribution is 2.36. The summed E-state index contributed by atoms with van der Waals surface area (Å²) in [4.78, 5) is 14.4. The van der Waals surface area contributed by atoms with Gasteiger partial charge in [0.15, 0.2) is 0 Å². The van der Waals surface area contributed by atoms with E-state index in [1.165, 1.54) is 24.3 Å². The van der Waals surface area contributed by atoms with Gasteiger partial charge in [0, 0.05) is 23.7 Å². The van der Waals surface area contributed by atoms with Gasteiger partial charge >= 0.3 is 0 Å². The topological polar surface area (TPSA) is 80.5 Å². The molecule has 2 N–H and O–H groups in total. The zero-order valence-electron chi connectivity index (χ0n) is 12.1. The number of rotatable bonds is 2.